The summed E-state index contributed by atoms with van der Waals surface area (Å²) in [4.78, 5) is 14.1. The number of carbonyl (C=O) groups is 1. The predicted octanol–water partition coefficient (Wildman–Crippen LogP) is 6.04. The van der Waals surface area contributed by atoms with Crippen molar-refractivity contribution >= 4 is 5.97 Å². The van der Waals surface area contributed by atoms with Crippen molar-refractivity contribution in [1.29, 1.82) is 0 Å². The van der Waals surface area contributed by atoms with E-state index in [1.54, 1.807) is 6.08 Å². The quantitative estimate of drug-likeness (QED) is 0.173. The van der Waals surface area contributed by atoms with Gasteiger partial charge in [0, 0.05) is 6.08 Å². The van der Waals surface area contributed by atoms with Gasteiger partial charge in [-0.15, -0.1) is 0 Å². The summed E-state index contributed by atoms with van der Waals surface area (Å²) in [7, 11) is 0. The summed E-state index contributed by atoms with van der Waals surface area (Å²) in [5.74, 6) is -0.690. The van der Waals surface area contributed by atoms with Crippen molar-refractivity contribution in [1.82, 2.24) is 0 Å². The topological polar surface area (TPSA) is 46.5 Å². The fraction of sp³-hybridized carbons (Fsp3) is 0.833. The molecule has 0 radical (unpaired) electrons. The number of unbranched alkanes of at least 4 members (excludes halogenated alkanes) is 13. The molecule has 1 N–H and O–H groups in total. The number of hydrogen-bond acceptors (Lipinski definition) is 3. The monoisotopic (exact) mass is 298 g/mol. The SMILES string of the molecule is CCCCCCCCCCCCCCCC=CC(=O)OO. The molecule has 0 bridgehead atoms. The van der Waals surface area contributed by atoms with Crippen LogP contribution < -0.4 is 0 Å². The molecule has 0 heterocycles. The van der Waals surface area contributed by atoms with Gasteiger partial charge >= 0.3 is 5.97 Å². The molecule has 0 atom stereocenters. The summed E-state index contributed by atoms with van der Waals surface area (Å²) in [6, 6.07) is 0. The summed E-state index contributed by atoms with van der Waals surface area (Å²) < 4.78 is 0. The van der Waals surface area contributed by atoms with Crippen molar-refractivity contribution in [2.24, 2.45) is 0 Å². The van der Waals surface area contributed by atoms with Crippen LogP contribution in [0.15, 0.2) is 12.2 Å². The Morgan fingerprint density at radius 1 is 0.810 bits per heavy atom. The minimum Gasteiger partial charge on any atom is -0.296 e. The Labute approximate surface area is 130 Å². The first-order chi connectivity index (χ1) is 10.3. The van der Waals surface area contributed by atoms with Crippen LogP contribution in [-0.4, -0.2) is 11.2 Å². The summed E-state index contributed by atoms with van der Waals surface area (Å²) in [6.45, 7) is 2.26. The van der Waals surface area contributed by atoms with Crippen molar-refractivity contribution in [3.63, 3.8) is 0 Å². The summed E-state index contributed by atoms with van der Waals surface area (Å²) >= 11 is 0. The van der Waals surface area contributed by atoms with E-state index in [9.17, 15) is 4.79 Å². The summed E-state index contributed by atoms with van der Waals surface area (Å²) in [5, 5.41) is 8.05. The standard InChI is InChI=1S/C18H34O3/c1-2-3-4-5-6-7-8-9-10-11-12-13-14-15-16-17-18(19)21-20/h16-17,20H,2-15H2,1H3. The molecule has 21 heavy (non-hydrogen) atoms. The maximum atomic E-state index is 10.6. The zero-order chi connectivity index (χ0) is 15.6. The van der Waals surface area contributed by atoms with E-state index in [4.69, 9.17) is 5.26 Å². The number of allylic oxidation sites excluding steroid dienone is 1. The number of hydrogen-bond donors (Lipinski definition) is 1. The lowest BCUT2D eigenvalue weighted by Gasteiger charge is -2.02. The van der Waals surface area contributed by atoms with E-state index in [2.05, 4.69) is 11.8 Å². The van der Waals surface area contributed by atoms with Gasteiger partial charge in [-0.3, -0.25) is 4.89 Å². The van der Waals surface area contributed by atoms with Crippen LogP contribution in [0.2, 0.25) is 0 Å². The van der Waals surface area contributed by atoms with Gasteiger partial charge in [0.15, 0.2) is 0 Å². The van der Waals surface area contributed by atoms with Crippen LogP contribution in [0, 0.1) is 0 Å². The smallest absolute Gasteiger partial charge is 0.296 e. The number of rotatable bonds is 15. The lowest BCUT2D eigenvalue weighted by Crippen LogP contribution is -1.93. The van der Waals surface area contributed by atoms with Gasteiger partial charge in [-0.2, -0.15) is 5.26 Å². The molecule has 3 nitrogen and oxygen atoms in total. The molecule has 0 aromatic carbocycles. The Hall–Kier alpha value is -0.830. The Bertz CT molecular complexity index is 249. The second-order valence-electron chi connectivity index (χ2n) is 5.84. The first-order valence-electron chi connectivity index (χ1n) is 8.83. The highest BCUT2D eigenvalue weighted by molar-refractivity contribution is 5.81. The van der Waals surface area contributed by atoms with Gasteiger partial charge in [0.25, 0.3) is 0 Å². The zero-order valence-electron chi connectivity index (χ0n) is 13.8. The molecule has 0 rings (SSSR count). The molecule has 124 valence electrons. The average molecular weight is 298 g/mol. The van der Waals surface area contributed by atoms with Gasteiger partial charge in [0.05, 0.1) is 0 Å². The van der Waals surface area contributed by atoms with Gasteiger partial charge in [-0.1, -0.05) is 90.0 Å². The van der Waals surface area contributed by atoms with E-state index >= 15 is 0 Å². The van der Waals surface area contributed by atoms with Crippen LogP contribution in [0.3, 0.4) is 0 Å². The van der Waals surface area contributed by atoms with Crippen molar-refractivity contribution in [3.8, 4) is 0 Å². The molecule has 0 aromatic rings. The lowest BCUT2D eigenvalue weighted by molar-refractivity contribution is -0.228. The van der Waals surface area contributed by atoms with Gasteiger partial charge in [0.2, 0.25) is 0 Å². The van der Waals surface area contributed by atoms with E-state index in [0.717, 1.165) is 12.8 Å². The Kier molecular flexibility index (Phi) is 16.5. The molecule has 3 heteroatoms. The minimum atomic E-state index is -0.690. The maximum absolute atomic E-state index is 10.6. The third-order valence-corrected chi connectivity index (χ3v) is 3.82. The highest BCUT2D eigenvalue weighted by Crippen LogP contribution is 2.12. The molecule has 0 aliphatic carbocycles. The molecule has 0 aromatic heterocycles. The van der Waals surface area contributed by atoms with Gasteiger partial charge in [-0.25, -0.2) is 4.79 Å². The molecule has 0 aliphatic rings. The van der Waals surface area contributed by atoms with E-state index in [1.807, 2.05) is 0 Å². The normalized spacial score (nSPS) is 11.1. The summed E-state index contributed by atoms with van der Waals surface area (Å²) in [5.41, 5.74) is 0. The van der Waals surface area contributed by atoms with Crippen molar-refractivity contribution in [2.45, 2.75) is 96.8 Å². The summed E-state index contributed by atoms with van der Waals surface area (Å²) in [6.07, 6.45) is 21.4. The third kappa shape index (κ3) is 17.1. The van der Waals surface area contributed by atoms with Crippen molar-refractivity contribution in [2.75, 3.05) is 0 Å². The van der Waals surface area contributed by atoms with E-state index in [1.165, 1.54) is 83.1 Å². The molecule has 0 fully saturated rings. The van der Waals surface area contributed by atoms with Gasteiger partial charge in [-0.05, 0) is 12.8 Å². The van der Waals surface area contributed by atoms with Crippen molar-refractivity contribution < 1.29 is 14.9 Å². The maximum Gasteiger partial charge on any atom is 0.365 e. The Morgan fingerprint density at radius 2 is 1.24 bits per heavy atom. The Morgan fingerprint density at radius 3 is 1.67 bits per heavy atom. The van der Waals surface area contributed by atoms with E-state index in [0.29, 0.717) is 0 Å². The van der Waals surface area contributed by atoms with Crippen LogP contribution in [-0.2, 0) is 9.68 Å². The highest BCUT2D eigenvalue weighted by Gasteiger charge is 1.94. The average Bonchev–Trinajstić information content (AvgIpc) is 2.50. The van der Waals surface area contributed by atoms with Crippen molar-refractivity contribution in [3.05, 3.63) is 12.2 Å². The largest absolute Gasteiger partial charge is 0.365 e. The molecule has 0 unspecified atom stereocenters. The highest BCUT2D eigenvalue weighted by atomic mass is 17.1. The minimum absolute atomic E-state index is 0.690. The number of carbonyl (C=O) groups excluding carboxylic acids is 1. The lowest BCUT2D eigenvalue weighted by atomic mass is 10.0. The van der Waals surface area contributed by atoms with Crippen LogP contribution in [0.5, 0.6) is 0 Å². The fourth-order valence-corrected chi connectivity index (χ4v) is 2.49. The fourth-order valence-electron chi connectivity index (χ4n) is 2.49. The van der Waals surface area contributed by atoms with Gasteiger partial charge in [0.1, 0.15) is 0 Å². The second kappa shape index (κ2) is 17.2. The molecule has 0 aliphatic heterocycles. The molecule has 0 saturated carbocycles. The predicted molar refractivity (Wildman–Crippen MR) is 88.2 cm³/mol. The van der Waals surface area contributed by atoms with Gasteiger partial charge < -0.3 is 0 Å². The first-order valence-corrected chi connectivity index (χ1v) is 8.83. The van der Waals surface area contributed by atoms with Crippen LogP contribution in [0.4, 0.5) is 0 Å². The second-order valence-corrected chi connectivity index (χ2v) is 5.84. The van der Waals surface area contributed by atoms with Crippen LogP contribution >= 0.6 is 0 Å². The third-order valence-electron chi connectivity index (χ3n) is 3.82. The first kappa shape index (κ1) is 20.2. The Balaban J connectivity index is 3.06. The zero-order valence-corrected chi connectivity index (χ0v) is 13.8. The van der Waals surface area contributed by atoms with Crippen LogP contribution in [0.1, 0.15) is 96.8 Å². The van der Waals surface area contributed by atoms with Crippen LogP contribution in [0.25, 0.3) is 0 Å². The molecule has 0 spiro atoms. The van der Waals surface area contributed by atoms with E-state index < -0.39 is 5.97 Å². The molecule has 0 saturated heterocycles. The molecular weight excluding hydrogens is 264 g/mol. The van der Waals surface area contributed by atoms with E-state index in [-0.39, 0.29) is 0 Å². The molecule has 0 amide bonds. The molecular formula is C18H34O3.